The molecule has 0 spiro atoms. The Bertz CT molecular complexity index is 649. The number of piperidine rings is 1. The highest BCUT2D eigenvalue weighted by molar-refractivity contribution is 7.89. The number of nitrogens with one attached hydrogen (secondary N) is 3. The fourth-order valence-electron chi connectivity index (χ4n) is 2.84. The Labute approximate surface area is 150 Å². The van der Waals surface area contributed by atoms with Gasteiger partial charge in [-0.15, -0.1) is 12.4 Å². The number of carbonyl (C=O) groups excluding carboxylic acids is 1. The predicted octanol–water partition coefficient (Wildman–Crippen LogP) is 1.58. The molecule has 1 saturated heterocycles. The van der Waals surface area contributed by atoms with Gasteiger partial charge in [-0.05, 0) is 58.0 Å². The van der Waals surface area contributed by atoms with Crippen LogP contribution in [-0.2, 0) is 14.8 Å². The van der Waals surface area contributed by atoms with Crippen molar-refractivity contribution in [1.29, 1.82) is 0 Å². The average molecular weight is 376 g/mol. The summed E-state index contributed by atoms with van der Waals surface area (Å²) in [6.45, 7) is 4.86. The molecule has 1 heterocycles. The maximum absolute atomic E-state index is 12.4. The van der Waals surface area contributed by atoms with Crippen LogP contribution >= 0.6 is 12.4 Å². The van der Waals surface area contributed by atoms with E-state index in [-0.39, 0.29) is 35.2 Å². The van der Waals surface area contributed by atoms with Gasteiger partial charge in [-0.2, -0.15) is 0 Å². The zero-order chi connectivity index (χ0) is 17.0. The predicted molar refractivity (Wildman–Crippen MR) is 96.7 cm³/mol. The third-order valence-electron chi connectivity index (χ3n) is 4.31. The lowest BCUT2D eigenvalue weighted by atomic mass is 9.92. The molecule has 0 aliphatic carbocycles. The molecule has 8 heteroatoms. The number of halogens is 1. The van der Waals surface area contributed by atoms with Crippen LogP contribution in [0.5, 0.6) is 0 Å². The van der Waals surface area contributed by atoms with Gasteiger partial charge < -0.3 is 10.6 Å². The lowest BCUT2D eigenvalue weighted by Gasteiger charge is -2.28. The first-order chi connectivity index (χ1) is 10.8. The summed E-state index contributed by atoms with van der Waals surface area (Å²) in [5.74, 6) is 0.107. The van der Waals surface area contributed by atoms with Crippen LogP contribution in [0.1, 0.15) is 38.3 Å². The van der Waals surface area contributed by atoms with Gasteiger partial charge >= 0.3 is 0 Å². The molecule has 3 atom stereocenters. The molecular weight excluding hydrogens is 350 g/mol. The van der Waals surface area contributed by atoms with Crippen LogP contribution in [0.4, 0.5) is 0 Å². The summed E-state index contributed by atoms with van der Waals surface area (Å²) < 4.78 is 25.7. The van der Waals surface area contributed by atoms with Crippen molar-refractivity contribution in [3.05, 3.63) is 29.8 Å². The molecule has 0 bridgehead atoms. The van der Waals surface area contributed by atoms with Crippen LogP contribution in [0.15, 0.2) is 29.2 Å². The van der Waals surface area contributed by atoms with Gasteiger partial charge in [0.2, 0.25) is 15.9 Å². The second-order valence-electron chi connectivity index (χ2n) is 6.08. The van der Waals surface area contributed by atoms with E-state index in [1.165, 1.54) is 7.05 Å². The van der Waals surface area contributed by atoms with Crippen molar-refractivity contribution in [2.75, 3.05) is 13.6 Å². The smallest absolute Gasteiger partial charge is 0.240 e. The summed E-state index contributed by atoms with van der Waals surface area (Å²) in [5, 5.41) is 6.36. The number of hydrogen-bond donors (Lipinski definition) is 3. The van der Waals surface area contributed by atoms with Gasteiger partial charge in [0.25, 0.3) is 0 Å². The average Bonchev–Trinajstić information content (AvgIpc) is 2.55. The first kappa shape index (κ1) is 20.9. The molecule has 0 saturated carbocycles. The highest BCUT2D eigenvalue weighted by Gasteiger charge is 2.25. The molecule has 6 nitrogen and oxygen atoms in total. The van der Waals surface area contributed by atoms with Crippen LogP contribution in [0, 0.1) is 5.92 Å². The summed E-state index contributed by atoms with van der Waals surface area (Å²) >= 11 is 0. The zero-order valence-electron chi connectivity index (χ0n) is 14.2. The van der Waals surface area contributed by atoms with E-state index in [0.717, 1.165) is 24.9 Å². The van der Waals surface area contributed by atoms with Crippen molar-refractivity contribution < 1.29 is 13.2 Å². The molecule has 1 aromatic carbocycles. The Morgan fingerprint density at radius 1 is 1.29 bits per heavy atom. The number of sulfonamides is 1. The second kappa shape index (κ2) is 8.80. The van der Waals surface area contributed by atoms with Crippen molar-refractivity contribution in [3.63, 3.8) is 0 Å². The first-order valence-electron chi connectivity index (χ1n) is 7.90. The van der Waals surface area contributed by atoms with Gasteiger partial charge in [-0.25, -0.2) is 13.1 Å². The van der Waals surface area contributed by atoms with Crippen molar-refractivity contribution in [2.24, 2.45) is 5.92 Å². The van der Waals surface area contributed by atoms with Crippen molar-refractivity contribution >= 4 is 28.3 Å². The maximum Gasteiger partial charge on any atom is 0.240 e. The molecule has 2 rings (SSSR count). The molecule has 1 aliphatic rings. The number of benzene rings is 1. The lowest BCUT2D eigenvalue weighted by molar-refractivity contribution is -0.126. The van der Waals surface area contributed by atoms with E-state index in [1.807, 2.05) is 6.92 Å². The van der Waals surface area contributed by atoms with Crippen LogP contribution < -0.4 is 15.4 Å². The number of carbonyl (C=O) groups is 1. The Hall–Kier alpha value is -1.15. The van der Waals surface area contributed by atoms with Crippen LogP contribution in [0.25, 0.3) is 0 Å². The molecule has 136 valence electrons. The maximum atomic E-state index is 12.4. The second-order valence-corrected chi connectivity index (χ2v) is 7.97. The van der Waals surface area contributed by atoms with E-state index in [4.69, 9.17) is 0 Å². The van der Waals surface area contributed by atoms with Gasteiger partial charge in [-0.3, -0.25) is 4.79 Å². The number of hydrogen-bond acceptors (Lipinski definition) is 4. The van der Waals surface area contributed by atoms with Gasteiger partial charge in [0, 0.05) is 12.0 Å². The Kier molecular flexibility index (Phi) is 7.66. The Morgan fingerprint density at radius 3 is 2.46 bits per heavy atom. The Balaban J connectivity index is 0.00000288. The quantitative estimate of drug-likeness (QED) is 0.729. The van der Waals surface area contributed by atoms with Crippen molar-refractivity contribution in [2.45, 2.75) is 43.7 Å². The molecule has 1 aliphatic heterocycles. The zero-order valence-corrected chi connectivity index (χ0v) is 15.8. The van der Waals surface area contributed by atoms with E-state index in [2.05, 4.69) is 22.3 Å². The minimum Gasteiger partial charge on any atom is -0.349 e. The normalized spacial score (nSPS) is 22.3. The van der Waals surface area contributed by atoms with Crippen LogP contribution in [0.2, 0.25) is 0 Å². The molecular formula is C16H26ClN3O3S. The summed E-state index contributed by atoms with van der Waals surface area (Å²) in [7, 11) is -2.05. The highest BCUT2D eigenvalue weighted by atomic mass is 35.5. The van der Waals surface area contributed by atoms with Crippen LogP contribution in [-0.4, -0.2) is 34.0 Å². The monoisotopic (exact) mass is 375 g/mol. The SMILES string of the molecule is CNS(=O)(=O)c1ccc(C(C)NC(=O)[C@H]2CCN[C@@H](C)C2)cc1.Cl. The fourth-order valence-corrected chi connectivity index (χ4v) is 3.57. The fraction of sp³-hybridized carbons (Fsp3) is 0.562. The number of rotatable bonds is 5. The summed E-state index contributed by atoms with van der Waals surface area (Å²) in [6, 6.07) is 6.78. The molecule has 0 radical (unpaired) electrons. The van der Waals surface area contributed by atoms with E-state index in [1.54, 1.807) is 24.3 Å². The minimum absolute atomic E-state index is 0. The third-order valence-corrected chi connectivity index (χ3v) is 5.74. The molecule has 1 fully saturated rings. The Morgan fingerprint density at radius 2 is 1.92 bits per heavy atom. The van der Waals surface area contributed by atoms with E-state index >= 15 is 0 Å². The van der Waals surface area contributed by atoms with Gasteiger partial charge in [-0.1, -0.05) is 12.1 Å². The molecule has 1 unspecified atom stereocenters. The minimum atomic E-state index is -3.43. The lowest BCUT2D eigenvalue weighted by Crippen LogP contribution is -2.42. The third kappa shape index (κ3) is 5.17. The standard InChI is InChI=1S/C16H25N3O3S.ClH/c1-11-10-14(8-9-18-11)16(20)19-12(2)13-4-6-15(7-5-13)23(21,22)17-3;/h4-7,11-12,14,17-18H,8-10H2,1-3H3,(H,19,20);1H/t11-,12?,14-;/m0./s1. The summed E-state index contributed by atoms with van der Waals surface area (Å²) in [4.78, 5) is 12.6. The summed E-state index contributed by atoms with van der Waals surface area (Å²) in [5.41, 5.74) is 0.885. The molecule has 0 aromatic heterocycles. The van der Waals surface area contributed by atoms with Gasteiger partial charge in [0.15, 0.2) is 0 Å². The number of amides is 1. The molecule has 1 aromatic rings. The van der Waals surface area contributed by atoms with Crippen molar-refractivity contribution in [1.82, 2.24) is 15.4 Å². The molecule has 1 amide bonds. The molecule has 24 heavy (non-hydrogen) atoms. The largest absolute Gasteiger partial charge is 0.349 e. The van der Waals surface area contributed by atoms with Crippen LogP contribution in [0.3, 0.4) is 0 Å². The van der Waals surface area contributed by atoms with Gasteiger partial charge in [0.05, 0.1) is 10.9 Å². The van der Waals surface area contributed by atoms with Crippen molar-refractivity contribution in [3.8, 4) is 0 Å². The highest BCUT2D eigenvalue weighted by Crippen LogP contribution is 2.20. The topological polar surface area (TPSA) is 87.3 Å². The van der Waals surface area contributed by atoms with E-state index in [9.17, 15) is 13.2 Å². The van der Waals surface area contributed by atoms with E-state index in [0.29, 0.717) is 6.04 Å². The first-order valence-corrected chi connectivity index (χ1v) is 9.39. The summed E-state index contributed by atoms with van der Waals surface area (Å²) in [6.07, 6.45) is 1.69. The van der Waals surface area contributed by atoms with Gasteiger partial charge in [0.1, 0.15) is 0 Å². The van der Waals surface area contributed by atoms with E-state index < -0.39 is 10.0 Å². The molecule has 3 N–H and O–H groups in total.